The lowest BCUT2D eigenvalue weighted by Gasteiger charge is -2.38. The molecule has 2 unspecified atom stereocenters. The van der Waals surface area contributed by atoms with Gasteiger partial charge in [0, 0.05) is 16.9 Å². The summed E-state index contributed by atoms with van der Waals surface area (Å²) < 4.78 is 128. The minimum Gasteiger partial charge on any atom is -0.472 e. The van der Waals surface area contributed by atoms with Crippen LogP contribution in [0.5, 0.6) is 11.5 Å². The highest BCUT2D eigenvalue weighted by atomic mass is 19.2. The zero-order valence-corrected chi connectivity index (χ0v) is 17.8. The van der Waals surface area contributed by atoms with E-state index in [1.807, 2.05) is 0 Å². The van der Waals surface area contributed by atoms with Crippen LogP contribution in [0.2, 0.25) is 0 Å². The maximum Gasteiger partial charge on any atom is 0.229 e. The molecule has 0 amide bonds. The van der Waals surface area contributed by atoms with Crippen LogP contribution in [0.15, 0.2) is 77.8 Å². The van der Waals surface area contributed by atoms with Crippen LogP contribution in [0.4, 0.5) is 46.5 Å². The first-order valence-corrected chi connectivity index (χ1v) is 9.98. The van der Waals surface area contributed by atoms with Crippen molar-refractivity contribution in [2.75, 3.05) is 11.5 Å². The van der Waals surface area contributed by atoms with Crippen molar-refractivity contribution >= 4 is 11.4 Å². The standard InChI is InChI=1S/C24H14F8N2O2/c25-15-9-14(16(26)18(28)17(15)27)24(36-13-7-3-11(34)4-8-13)22(31)19(29)21(20(30)23(24)32)35-12-5-1-10(33)2-6-12/h1-9,22H,33-34H2. The zero-order valence-electron chi connectivity index (χ0n) is 17.8. The first kappa shape index (κ1) is 24.9. The van der Waals surface area contributed by atoms with Crippen molar-refractivity contribution in [2.45, 2.75) is 11.8 Å². The topological polar surface area (TPSA) is 70.5 Å². The van der Waals surface area contributed by atoms with E-state index in [2.05, 4.69) is 0 Å². The summed E-state index contributed by atoms with van der Waals surface area (Å²) in [6.07, 6.45) is -3.47. The van der Waals surface area contributed by atoms with Gasteiger partial charge >= 0.3 is 0 Å². The van der Waals surface area contributed by atoms with E-state index in [-0.39, 0.29) is 23.2 Å². The summed E-state index contributed by atoms with van der Waals surface area (Å²) in [5, 5.41) is 0. The number of nitrogen functional groups attached to an aromatic ring is 2. The molecule has 1 aliphatic rings. The Labute approximate surface area is 198 Å². The lowest BCUT2D eigenvalue weighted by atomic mass is 9.82. The Morgan fingerprint density at radius 3 is 1.78 bits per heavy atom. The molecule has 0 saturated heterocycles. The van der Waals surface area contributed by atoms with Crippen molar-refractivity contribution in [3.8, 4) is 11.5 Å². The molecule has 4 rings (SSSR count). The number of halogens is 8. The van der Waals surface area contributed by atoms with Gasteiger partial charge in [0.25, 0.3) is 0 Å². The predicted molar refractivity (Wildman–Crippen MR) is 113 cm³/mol. The molecule has 0 saturated carbocycles. The number of rotatable bonds is 5. The third-order valence-electron chi connectivity index (χ3n) is 5.28. The van der Waals surface area contributed by atoms with Gasteiger partial charge in [-0.1, -0.05) is 0 Å². The van der Waals surface area contributed by atoms with Crippen LogP contribution in [0.25, 0.3) is 0 Å². The van der Waals surface area contributed by atoms with Gasteiger partial charge < -0.3 is 20.9 Å². The average Bonchev–Trinajstić information content (AvgIpc) is 2.87. The molecule has 0 radical (unpaired) electrons. The number of allylic oxidation sites excluding steroid dienone is 1. The molecular weight excluding hydrogens is 500 g/mol. The van der Waals surface area contributed by atoms with Crippen LogP contribution in [-0.4, -0.2) is 6.17 Å². The minimum absolute atomic E-state index is 0.134. The van der Waals surface area contributed by atoms with Crippen molar-refractivity contribution in [3.63, 3.8) is 0 Å². The SMILES string of the molecule is Nc1ccc(OC2=C(F)C(F)C(Oc3ccc(N)cc3)(c3cc(F)c(F)c(F)c3F)C(F)=C2F)cc1. The van der Waals surface area contributed by atoms with Crippen LogP contribution >= 0.6 is 0 Å². The van der Waals surface area contributed by atoms with Gasteiger partial charge in [-0.15, -0.1) is 0 Å². The molecule has 0 aromatic heterocycles. The molecule has 36 heavy (non-hydrogen) atoms. The van der Waals surface area contributed by atoms with Gasteiger partial charge in [0.2, 0.25) is 23.4 Å². The lowest BCUT2D eigenvalue weighted by molar-refractivity contribution is -0.00942. The highest BCUT2D eigenvalue weighted by molar-refractivity contribution is 5.50. The number of nitrogens with two attached hydrogens (primary N) is 2. The van der Waals surface area contributed by atoms with E-state index in [0.717, 1.165) is 36.4 Å². The molecular formula is C24H14F8N2O2. The fourth-order valence-electron chi connectivity index (χ4n) is 3.49. The quantitative estimate of drug-likeness (QED) is 0.178. The van der Waals surface area contributed by atoms with E-state index >= 15 is 17.6 Å². The van der Waals surface area contributed by atoms with Crippen LogP contribution in [0.3, 0.4) is 0 Å². The summed E-state index contributed by atoms with van der Waals surface area (Å²) in [7, 11) is 0. The Balaban J connectivity index is 1.94. The number of hydrogen-bond donors (Lipinski definition) is 2. The van der Waals surface area contributed by atoms with Gasteiger partial charge in [-0.2, -0.15) is 4.39 Å². The summed E-state index contributed by atoms with van der Waals surface area (Å²) in [5.74, 6) is -18.4. The van der Waals surface area contributed by atoms with E-state index in [4.69, 9.17) is 20.9 Å². The molecule has 0 fully saturated rings. The van der Waals surface area contributed by atoms with Gasteiger partial charge in [0.15, 0.2) is 34.9 Å². The Bertz CT molecular complexity index is 1390. The molecule has 0 heterocycles. The maximum absolute atomic E-state index is 15.7. The third kappa shape index (κ3) is 3.97. The van der Waals surface area contributed by atoms with Crippen molar-refractivity contribution < 1.29 is 44.6 Å². The fraction of sp³-hybridized carbons (Fsp3) is 0.0833. The fourth-order valence-corrected chi connectivity index (χ4v) is 3.49. The molecule has 1 aliphatic carbocycles. The lowest BCUT2D eigenvalue weighted by Crippen LogP contribution is -2.48. The summed E-state index contributed by atoms with van der Waals surface area (Å²) in [4.78, 5) is 0. The Hall–Kier alpha value is -4.22. The largest absolute Gasteiger partial charge is 0.472 e. The van der Waals surface area contributed by atoms with Gasteiger partial charge in [0.1, 0.15) is 11.5 Å². The molecule has 0 aliphatic heterocycles. The van der Waals surface area contributed by atoms with Crippen molar-refractivity contribution in [3.05, 3.63) is 107 Å². The molecule has 0 bridgehead atoms. The molecule has 4 nitrogen and oxygen atoms in total. The maximum atomic E-state index is 15.7. The molecule has 3 aromatic carbocycles. The summed E-state index contributed by atoms with van der Waals surface area (Å²) >= 11 is 0. The van der Waals surface area contributed by atoms with Crippen molar-refractivity contribution in [1.82, 2.24) is 0 Å². The van der Waals surface area contributed by atoms with Gasteiger partial charge in [-0.05, 0) is 54.6 Å². The highest BCUT2D eigenvalue weighted by Crippen LogP contribution is 2.51. The van der Waals surface area contributed by atoms with E-state index in [1.54, 1.807) is 0 Å². The Kier molecular flexibility index (Phi) is 6.29. The number of hydrogen-bond acceptors (Lipinski definition) is 4. The molecule has 188 valence electrons. The highest BCUT2D eigenvalue weighted by Gasteiger charge is 2.59. The van der Waals surface area contributed by atoms with Crippen LogP contribution in [0, 0.1) is 23.3 Å². The van der Waals surface area contributed by atoms with Gasteiger partial charge in [-0.25, -0.2) is 30.7 Å². The zero-order chi connectivity index (χ0) is 26.4. The predicted octanol–water partition coefficient (Wildman–Crippen LogP) is 6.44. The van der Waals surface area contributed by atoms with Crippen molar-refractivity contribution in [1.29, 1.82) is 0 Å². The molecule has 12 heteroatoms. The number of ether oxygens (including phenoxy) is 2. The molecule has 4 N–H and O–H groups in total. The second kappa shape index (κ2) is 9.10. The van der Waals surface area contributed by atoms with E-state index in [0.29, 0.717) is 0 Å². The van der Waals surface area contributed by atoms with Crippen molar-refractivity contribution in [2.24, 2.45) is 0 Å². The van der Waals surface area contributed by atoms with Crippen LogP contribution in [-0.2, 0) is 5.60 Å². The first-order chi connectivity index (χ1) is 17.0. The molecule has 2 atom stereocenters. The van der Waals surface area contributed by atoms with E-state index < -0.39 is 69.6 Å². The average molecular weight is 514 g/mol. The Morgan fingerprint density at radius 1 is 0.694 bits per heavy atom. The summed E-state index contributed by atoms with van der Waals surface area (Å²) in [5.41, 5.74) is 5.88. The second-order valence-electron chi connectivity index (χ2n) is 7.59. The second-order valence-corrected chi connectivity index (χ2v) is 7.59. The third-order valence-corrected chi connectivity index (χ3v) is 5.28. The first-order valence-electron chi connectivity index (χ1n) is 9.98. The Morgan fingerprint density at radius 2 is 1.22 bits per heavy atom. The summed E-state index contributed by atoms with van der Waals surface area (Å²) in [6.45, 7) is 0. The van der Waals surface area contributed by atoms with Gasteiger partial charge in [0.05, 0.1) is 0 Å². The van der Waals surface area contributed by atoms with Crippen LogP contribution < -0.4 is 20.9 Å². The van der Waals surface area contributed by atoms with E-state index in [1.165, 1.54) is 12.1 Å². The van der Waals surface area contributed by atoms with Gasteiger partial charge in [-0.3, -0.25) is 0 Å². The number of anilines is 2. The number of benzene rings is 3. The molecule has 3 aromatic rings. The molecule has 0 spiro atoms. The van der Waals surface area contributed by atoms with Crippen LogP contribution in [0.1, 0.15) is 5.56 Å². The smallest absolute Gasteiger partial charge is 0.229 e. The number of alkyl halides is 1. The van der Waals surface area contributed by atoms with E-state index in [9.17, 15) is 17.6 Å². The summed E-state index contributed by atoms with van der Waals surface area (Å²) in [6, 6.07) is 8.91. The normalized spacial score (nSPS) is 20.1. The monoisotopic (exact) mass is 514 g/mol. The minimum atomic E-state index is -3.81.